The van der Waals surface area contributed by atoms with Crippen LogP contribution in [0.4, 0.5) is 0 Å². The number of carbonyl (C=O) groups excluding carboxylic acids is 1. The standard InChI is InChI=1S/C15H17NO4S2/c1-12-5-2-3-6-13(12)11-20-14(17)8-9-16-22(18,19)15-7-4-10-21-15/h2-7,10,16H,8-9,11H2,1H3. The van der Waals surface area contributed by atoms with E-state index in [1.165, 1.54) is 6.07 Å². The first kappa shape index (κ1) is 16.7. The lowest BCUT2D eigenvalue weighted by atomic mass is 10.1. The van der Waals surface area contributed by atoms with Gasteiger partial charge in [-0.05, 0) is 29.5 Å². The second kappa shape index (κ2) is 7.53. The highest BCUT2D eigenvalue weighted by Crippen LogP contribution is 2.15. The fourth-order valence-electron chi connectivity index (χ4n) is 1.78. The first-order chi connectivity index (χ1) is 10.5. The van der Waals surface area contributed by atoms with E-state index in [4.69, 9.17) is 4.74 Å². The first-order valence-corrected chi connectivity index (χ1v) is 9.08. The van der Waals surface area contributed by atoms with E-state index < -0.39 is 16.0 Å². The van der Waals surface area contributed by atoms with Crippen LogP contribution in [-0.2, 0) is 26.2 Å². The number of benzene rings is 1. The molecule has 7 heteroatoms. The minimum atomic E-state index is -3.53. The van der Waals surface area contributed by atoms with Crippen molar-refractivity contribution in [3.63, 3.8) is 0 Å². The molecule has 0 radical (unpaired) electrons. The third-order valence-electron chi connectivity index (χ3n) is 3.03. The summed E-state index contributed by atoms with van der Waals surface area (Å²) in [6.07, 6.45) is -0.00349. The van der Waals surface area contributed by atoms with Gasteiger partial charge in [0.2, 0.25) is 10.0 Å². The van der Waals surface area contributed by atoms with Crippen molar-refractivity contribution in [1.29, 1.82) is 0 Å². The average Bonchev–Trinajstić information content (AvgIpc) is 3.01. The molecule has 0 spiro atoms. The van der Waals surface area contributed by atoms with E-state index in [9.17, 15) is 13.2 Å². The van der Waals surface area contributed by atoms with Gasteiger partial charge in [-0.3, -0.25) is 4.79 Å². The summed E-state index contributed by atoms with van der Waals surface area (Å²) in [6, 6.07) is 10.8. The van der Waals surface area contributed by atoms with Crippen molar-refractivity contribution in [2.45, 2.75) is 24.2 Å². The molecule has 1 heterocycles. The molecule has 1 N–H and O–H groups in total. The molecule has 22 heavy (non-hydrogen) atoms. The number of hydrogen-bond acceptors (Lipinski definition) is 5. The Kier molecular flexibility index (Phi) is 5.70. The van der Waals surface area contributed by atoms with E-state index >= 15 is 0 Å². The first-order valence-electron chi connectivity index (χ1n) is 6.72. The van der Waals surface area contributed by atoms with E-state index in [0.717, 1.165) is 22.5 Å². The third kappa shape index (κ3) is 4.66. The summed E-state index contributed by atoms with van der Waals surface area (Å²) in [7, 11) is -3.53. The van der Waals surface area contributed by atoms with Gasteiger partial charge < -0.3 is 4.74 Å². The van der Waals surface area contributed by atoms with Gasteiger partial charge in [-0.2, -0.15) is 0 Å². The smallest absolute Gasteiger partial charge is 0.307 e. The van der Waals surface area contributed by atoms with Crippen LogP contribution in [0.15, 0.2) is 46.0 Å². The summed E-state index contributed by atoms with van der Waals surface area (Å²) >= 11 is 1.13. The van der Waals surface area contributed by atoms with E-state index in [0.29, 0.717) is 0 Å². The summed E-state index contributed by atoms with van der Waals surface area (Å²) in [5.41, 5.74) is 1.99. The molecule has 0 amide bonds. The van der Waals surface area contributed by atoms with Crippen LogP contribution in [0, 0.1) is 6.92 Å². The van der Waals surface area contributed by atoms with Crippen molar-refractivity contribution >= 4 is 27.3 Å². The number of aryl methyl sites for hydroxylation is 1. The van der Waals surface area contributed by atoms with E-state index in [-0.39, 0.29) is 23.8 Å². The zero-order valence-corrected chi connectivity index (χ0v) is 13.7. The molecule has 0 atom stereocenters. The fourth-order valence-corrected chi connectivity index (χ4v) is 3.85. The fraction of sp³-hybridized carbons (Fsp3) is 0.267. The van der Waals surface area contributed by atoms with Crippen LogP contribution in [0.1, 0.15) is 17.5 Å². The molecule has 118 valence electrons. The number of rotatable bonds is 7. The predicted octanol–water partition coefficient (Wildman–Crippen LogP) is 2.47. The summed E-state index contributed by atoms with van der Waals surface area (Å²) in [6.45, 7) is 2.16. The Morgan fingerprint density at radius 1 is 1.23 bits per heavy atom. The Morgan fingerprint density at radius 3 is 2.68 bits per heavy atom. The van der Waals surface area contributed by atoms with Gasteiger partial charge in [0.05, 0.1) is 6.42 Å². The van der Waals surface area contributed by atoms with Gasteiger partial charge in [0.1, 0.15) is 10.8 Å². The number of ether oxygens (including phenoxy) is 1. The molecule has 1 aromatic heterocycles. The number of carbonyl (C=O) groups is 1. The molecular formula is C15H17NO4S2. The van der Waals surface area contributed by atoms with Crippen LogP contribution >= 0.6 is 11.3 Å². The van der Waals surface area contributed by atoms with Crippen LogP contribution in [-0.4, -0.2) is 20.9 Å². The molecule has 1 aromatic carbocycles. The van der Waals surface area contributed by atoms with Crippen LogP contribution < -0.4 is 4.72 Å². The van der Waals surface area contributed by atoms with Gasteiger partial charge >= 0.3 is 5.97 Å². The number of esters is 1. The van der Waals surface area contributed by atoms with E-state index in [1.807, 2.05) is 31.2 Å². The van der Waals surface area contributed by atoms with Crippen molar-refractivity contribution < 1.29 is 17.9 Å². The number of sulfonamides is 1. The van der Waals surface area contributed by atoms with Crippen LogP contribution in [0.25, 0.3) is 0 Å². The quantitative estimate of drug-likeness (QED) is 0.787. The monoisotopic (exact) mass is 339 g/mol. The molecule has 0 aliphatic heterocycles. The maximum Gasteiger partial charge on any atom is 0.307 e. The summed E-state index contributed by atoms with van der Waals surface area (Å²) in [5, 5.41) is 1.69. The summed E-state index contributed by atoms with van der Waals surface area (Å²) in [4.78, 5) is 11.6. The van der Waals surface area contributed by atoms with Crippen LogP contribution in [0.3, 0.4) is 0 Å². The molecule has 0 saturated heterocycles. The third-order valence-corrected chi connectivity index (χ3v) is 5.89. The second-order valence-electron chi connectivity index (χ2n) is 4.67. The molecule has 2 aromatic rings. The Labute approximate surface area is 134 Å². The molecule has 2 rings (SSSR count). The van der Waals surface area contributed by atoms with Gasteiger partial charge in [0.15, 0.2) is 0 Å². The zero-order valence-electron chi connectivity index (χ0n) is 12.1. The molecule has 0 unspecified atom stereocenters. The summed E-state index contributed by atoms with van der Waals surface area (Å²) < 4.78 is 31.5. The highest BCUT2D eigenvalue weighted by molar-refractivity contribution is 7.91. The highest BCUT2D eigenvalue weighted by Gasteiger charge is 2.15. The number of hydrogen-bond donors (Lipinski definition) is 1. The number of thiophene rings is 1. The normalized spacial score (nSPS) is 11.3. The highest BCUT2D eigenvalue weighted by atomic mass is 32.2. The van der Waals surface area contributed by atoms with E-state index in [1.54, 1.807) is 11.4 Å². The van der Waals surface area contributed by atoms with Gasteiger partial charge in [0.25, 0.3) is 0 Å². The SMILES string of the molecule is Cc1ccccc1COC(=O)CCNS(=O)(=O)c1cccs1. The summed E-state index contributed by atoms with van der Waals surface area (Å²) in [5.74, 6) is -0.433. The zero-order chi connectivity index (χ0) is 16.0. The Hall–Kier alpha value is -1.70. The lowest BCUT2D eigenvalue weighted by Gasteiger charge is -2.08. The molecular weight excluding hydrogens is 322 g/mol. The Balaban J connectivity index is 1.76. The molecule has 0 fully saturated rings. The van der Waals surface area contributed by atoms with Crippen molar-refractivity contribution in [3.05, 3.63) is 52.9 Å². The number of nitrogens with one attached hydrogen (secondary N) is 1. The molecule has 0 bridgehead atoms. The van der Waals surface area contributed by atoms with Crippen molar-refractivity contribution in [3.8, 4) is 0 Å². The Bertz CT molecular complexity index is 724. The van der Waals surface area contributed by atoms with Gasteiger partial charge in [-0.1, -0.05) is 30.3 Å². The van der Waals surface area contributed by atoms with E-state index in [2.05, 4.69) is 4.72 Å². The van der Waals surface area contributed by atoms with Crippen molar-refractivity contribution in [2.75, 3.05) is 6.54 Å². The maximum atomic E-state index is 11.8. The largest absolute Gasteiger partial charge is 0.461 e. The molecule has 0 aliphatic rings. The molecule has 5 nitrogen and oxygen atoms in total. The van der Waals surface area contributed by atoms with Crippen LogP contribution in [0.5, 0.6) is 0 Å². The van der Waals surface area contributed by atoms with Crippen LogP contribution in [0.2, 0.25) is 0 Å². The second-order valence-corrected chi connectivity index (χ2v) is 7.61. The predicted molar refractivity (Wildman–Crippen MR) is 85.1 cm³/mol. The Morgan fingerprint density at radius 2 is 2.00 bits per heavy atom. The van der Waals surface area contributed by atoms with Gasteiger partial charge in [-0.25, -0.2) is 13.1 Å². The molecule has 0 saturated carbocycles. The van der Waals surface area contributed by atoms with Gasteiger partial charge in [0, 0.05) is 6.54 Å². The van der Waals surface area contributed by atoms with Gasteiger partial charge in [-0.15, -0.1) is 11.3 Å². The minimum Gasteiger partial charge on any atom is -0.461 e. The lowest BCUT2D eigenvalue weighted by Crippen LogP contribution is -2.26. The van der Waals surface area contributed by atoms with Crippen molar-refractivity contribution in [1.82, 2.24) is 4.72 Å². The maximum absolute atomic E-state index is 11.8. The average molecular weight is 339 g/mol. The molecule has 0 aliphatic carbocycles. The minimum absolute atomic E-state index is 0.00349. The van der Waals surface area contributed by atoms with Crippen molar-refractivity contribution in [2.24, 2.45) is 0 Å². The topological polar surface area (TPSA) is 72.5 Å². The lowest BCUT2D eigenvalue weighted by molar-refractivity contribution is -0.144.